The number of alkyl halides is 3. The summed E-state index contributed by atoms with van der Waals surface area (Å²) in [5, 5.41) is 2.26. The molecule has 1 aromatic rings. The lowest BCUT2D eigenvalue weighted by molar-refractivity contribution is -0.143. The number of nitrogens with one attached hydrogen (secondary N) is 1. The van der Waals surface area contributed by atoms with Crippen LogP contribution >= 0.6 is 0 Å². The van der Waals surface area contributed by atoms with E-state index in [0.717, 1.165) is 7.11 Å². The van der Waals surface area contributed by atoms with Gasteiger partial charge in [-0.2, -0.15) is 13.2 Å². The number of ether oxygens (including phenoxy) is 2. The summed E-state index contributed by atoms with van der Waals surface area (Å²) in [4.78, 5) is 23.5. The highest BCUT2D eigenvalue weighted by molar-refractivity contribution is 5.81. The number of amides is 1. The summed E-state index contributed by atoms with van der Waals surface area (Å²) in [5.41, 5.74) is -2.93. The number of carbonyl (C=O) groups excluding carboxylic acids is 2. The Labute approximate surface area is 152 Å². The topological polar surface area (TPSA) is 64.6 Å². The number of alkyl carbamates (subject to hydrolysis) is 1. The number of methoxy groups -OCH3 is 1. The van der Waals surface area contributed by atoms with Crippen LogP contribution < -0.4 is 5.32 Å². The van der Waals surface area contributed by atoms with Crippen molar-refractivity contribution >= 4 is 12.1 Å². The molecule has 0 heterocycles. The van der Waals surface area contributed by atoms with Crippen molar-refractivity contribution in [2.75, 3.05) is 7.11 Å². The van der Waals surface area contributed by atoms with E-state index in [1.807, 2.05) is 0 Å². The average Bonchev–Trinajstić information content (AvgIpc) is 2.46. The van der Waals surface area contributed by atoms with Crippen LogP contribution in [0, 0.1) is 11.6 Å². The van der Waals surface area contributed by atoms with Crippen molar-refractivity contribution in [3.63, 3.8) is 0 Å². The number of hydrogen-bond acceptors (Lipinski definition) is 4. The third kappa shape index (κ3) is 7.03. The second kappa shape index (κ2) is 8.53. The highest BCUT2D eigenvalue weighted by Crippen LogP contribution is 2.34. The Morgan fingerprint density at radius 2 is 1.63 bits per heavy atom. The highest BCUT2D eigenvalue weighted by Gasteiger charge is 2.38. The molecule has 1 atom stereocenters. The number of aryl methyl sites for hydroxylation is 1. The normalized spacial score (nSPS) is 13.1. The molecular weight excluding hydrogens is 377 g/mol. The van der Waals surface area contributed by atoms with E-state index in [9.17, 15) is 31.5 Å². The first-order valence-electron chi connectivity index (χ1n) is 7.87. The lowest BCUT2D eigenvalue weighted by Crippen LogP contribution is -2.44. The summed E-state index contributed by atoms with van der Waals surface area (Å²) < 4.78 is 74.5. The Balaban J connectivity index is 2.90. The first kappa shape index (κ1) is 22.7. The monoisotopic (exact) mass is 397 g/mol. The lowest BCUT2D eigenvalue weighted by Gasteiger charge is -2.22. The third-order valence-electron chi connectivity index (χ3n) is 3.28. The maximum absolute atomic E-state index is 13.6. The van der Waals surface area contributed by atoms with Crippen molar-refractivity contribution in [3.8, 4) is 0 Å². The van der Waals surface area contributed by atoms with Gasteiger partial charge in [-0.25, -0.2) is 18.4 Å². The van der Waals surface area contributed by atoms with E-state index in [1.54, 1.807) is 20.8 Å². The Hall–Kier alpha value is -2.39. The van der Waals surface area contributed by atoms with Crippen LogP contribution in [0.2, 0.25) is 0 Å². The summed E-state index contributed by atoms with van der Waals surface area (Å²) in [7, 11) is 1.07. The Morgan fingerprint density at radius 1 is 1.11 bits per heavy atom. The minimum atomic E-state index is -5.17. The first-order valence-corrected chi connectivity index (χ1v) is 7.87. The van der Waals surface area contributed by atoms with Crippen molar-refractivity contribution in [2.45, 2.75) is 51.4 Å². The summed E-state index contributed by atoms with van der Waals surface area (Å²) in [6.45, 7) is 4.81. The average molecular weight is 397 g/mol. The van der Waals surface area contributed by atoms with Crippen molar-refractivity contribution in [1.82, 2.24) is 5.32 Å². The van der Waals surface area contributed by atoms with Crippen molar-refractivity contribution in [1.29, 1.82) is 0 Å². The number of esters is 1. The maximum atomic E-state index is 13.6. The molecule has 1 amide bonds. The smallest absolute Gasteiger partial charge is 0.422 e. The molecule has 1 unspecified atom stereocenters. The van der Waals surface area contributed by atoms with Crippen molar-refractivity contribution < 1.29 is 41.0 Å². The zero-order valence-corrected chi connectivity index (χ0v) is 15.2. The van der Waals surface area contributed by atoms with Crippen LogP contribution in [-0.2, 0) is 26.9 Å². The van der Waals surface area contributed by atoms with Gasteiger partial charge in [0, 0.05) is 0 Å². The van der Waals surface area contributed by atoms with E-state index in [1.165, 1.54) is 0 Å². The molecule has 0 spiro atoms. The van der Waals surface area contributed by atoms with Gasteiger partial charge in [-0.1, -0.05) is 0 Å². The van der Waals surface area contributed by atoms with E-state index >= 15 is 0 Å². The van der Waals surface area contributed by atoms with Crippen LogP contribution in [0.5, 0.6) is 0 Å². The van der Waals surface area contributed by atoms with Gasteiger partial charge in [-0.15, -0.1) is 0 Å². The fraction of sp³-hybridized carbons (Fsp3) is 0.529. The van der Waals surface area contributed by atoms with E-state index < -0.39 is 47.1 Å². The van der Waals surface area contributed by atoms with Gasteiger partial charge in [-0.05, 0) is 51.3 Å². The van der Waals surface area contributed by atoms with Gasteiger partial charge >= 0.3 is 18.2 Å². The predicted molar refractivity (Wildman–Crippen MR) is 84.9 cm³/mol. The van der Waals surface area contributed by atoms with Crippen molar-refractivity contribution in [2.24, 2.45) is 0 Å². The van der Waals surface area contributed by atoms with Crippen LogP contribution in [0.3, 0.4) is 0 Å². The van der Waals surface area contributed by atoms with E-state index in [0.29, 0.717) is 12.1 Å². The molecular formula is C17H20F5NO4. The third-order valence-corrected chi connectivity index (χ3v) is 3.28. The van der Waals surface area contributed by atoms with Gasteiger partial charge in [-0.3, -0.25) is 0 Å². The van der Waals surface area contributed by atoms with Crippen LogP contribution in [0.25, 0.3) is 0 Å². The maximum Gasteiger partial charge on any atom is 0.422 e. The molecule has 1 N–H and O–H groups in total. The van der Waals surface area contributed by atoms with Gasteiger partial charge in [0.2, 0.25) is 0 Å². The molecule has 0 saturated heterocycles. The number of halogens is 5. The number of rotatable bonds is 5. The Kier molecular flexibility index (Phi) is 7.16. The first-order chi connectivity index (χ1) is 12.2. The quantitative estimate of drug-likeness (QED) is 0.603. The number of benzene rings is 1. The standard InChI is InChI=1S/C17H20F5NO4/c1-16(2,3)27-15(25)23-12(14(24)26-4)6-5-9-7-10(18)13(11(19)8-9)17(20,21)22/h7-8,12H,5-6H2,1-4H3,(H,23,25). The molecule has 1 rings (SSSR count). The van der Waals surface area contributed by atoms with Gasteiger partial charge < -0.3 is 14.8 Å². The zero-order chi connectivity index (χ0) is 21.0. The summed E-state index contributed by atoms with van der Waals surface area (Å²) in [6, 6.07) is -0.139. The number of hydrogen-bond donors (Lipinski definition) is 1. The highest BCUT2D eigenvalue weighted by atomic mass is 19.4. The minimum absolute atomic E-state index is 0.113. The van der Waals surface area contributed by atoms with Gasteiger partial charge in [0.1, 0.15) is 28.8 Å². The molecule has 27 heavy (non-hydrogen) atoms. The summed E-state index contributed by atoms with van der Waals surface area (Å²) in [5.74, 6) is -4.35. The van der Waals surface area contributed by atoms with Gasteiger partial charge in [0.25, 0.3) is 0 Å². The SMILES string of the molecule is COC(=O)C(CCc1cc(F)c(C(F)(F)F)c(F)c1)NC(=O)OC(C)(C)C. The predicted octanol–water partition coefficient (Wildman–Crippen LogP) is 3.98. The Bertz CT molecular complexity index is 675. The Morgan fingerprint density at radius 3 is 2.04 bits per heavy atom. The van der Waals surface area contributed by atoms with E-state index in [4.69, 9.17) is 4.74 Å². The fourth-order valence-electron chi connectivity index (χ4n) is 2.19. The van der Waals surface area contributed by atoms with E-state index in [2.05, 4.69) is 10.1 Å². The molecule has 0 aliphatic rings. The van der Waals surface area contributed by atoms with Crippen molar-refractivity contribution in [3.05, 3.63) is 34.9 Å². The molecule has 10 heteroatoms. The van der Waals surface area contributed by atoms with E-state index in [-0.39, 0.29) is 18.4 Å². The van der Waals surface area contributed by atoms with Crippen LogP contribution in [0.4, 0.5) is 26.7 Å². The lowest BCUT2D eigenvalue weighted by atomic mass is 10.0. The van der Waals surface area contributed by atoms with Gasteiger partial charge in [0.15, 0.2) is 0 Å². The molecule has 1 aromatic carbocycles. The fourth-order valence-corrected chi connectivity index (χ4v) is 2.19. The zero-order valence-electron chi connectivity index (χ0n) is 15.2. The molecule has 0 radical (unpaired) electrons. The second-order valence-corrected chi connectivity index (χ2v) is 6.69. The molecule has 0 aliphatic heterocycles. The minimum Gasteiger partial charge on any atom is -0.467 e. The molecule has 0 aromatic heterocycles. The van der Waals surface area contributed by atoms with Crippen LogP contribution in [0.15, 0.2) is 12.1 Å². The molecule has 0 aliphatic carbocycles. The molecule has 0 bridgehead atoms. The van der Waals surface area contributed by atoms with Gasteiger partial charge in [0.05, 0.1) is 7.11 Å². The molecule has 0 fully saturated rings. The molecule has 0 saturated carbocycles. The molecule has 5 nitrogen and oxygen atoms in total. The number of carbonyl (C=O) groups is 2. The van der Waals surface area contributed by atoms with Crippen LogP contribution in [0.1, 0.15) is 38.3 Å². The summed E-state index contributed by atoms with van der Waals surface area (Å²) in [6.07, 6.45) is -6.44. The molecule has 152 valence electrons. The largest absolute Gasteiger partial charge is 0.467 e. The summed E-state index contributed by atoms with van der Waals surface area (Å²) >= 11 is 0. The van der Waals surface area contributed by atoms with Crippen LogP contribution in [-0.4, -0.2) is 30.8 Å². The second-order valence-electron chi connectivity index (χ2n) is 6.69.